The Hall–Kier alpha value is -4.19. The second-order valence-corrected chi connectivity index (χ2v) is 9.04. The van der Waals surface area contributed by atoms with E-state index >= 15 is 0 Å². The highest BCUT2D eigenvalue weighted by atomic mass is 15.1. The number of amidine groups is 1. The first kappa shape index (κ1) is 22.6. The fourth-order valence-corrected chi connectivity index (χ4v) is 4.82. The minimum Gasteiger partial charge on any atom is -0.383 e. The second kappa shape index (κ2) is 9.22. The monoisotopic (exact) mass is 462 g/mol. The van der Waals surface area contributed by atoms with E-state index in [1.807, 2.05) is 17.7 Å². The zero-order chi connectivity index (χ0) is 24.5. The molecule has 0 aliphatic heterocycles. The van der Waals surface area contributed by atoms with E-state index in [9.17, 15) is 0 Å². The van der Waals surface area contributed by atoms with Gasteiger partial charge in [0.25, 0.3) is 0 Å². The number of hydrogen-bond donors (Lipinski definition) is 2. The average Bonchev–Trinajstić information content (AvgIpc) is 3.21. The molecule has 0 unspecified atom stereocenters. The number of nitrogens with zero attached hydrogens (tertiary/aromatic N) is 4. The van der Waals surface area contributed by atoms with Crippen molar-refractivity contribution in [2.45, 2.75) is 26.8 Å². The molecule has 0 aliphatic carbocycles. The third-order valence-electron chi connectivity index (χ3n) is 6.71. The molecule has 0 bridgehead atoms. The molecule has 0 spiro atoms. The predicted molar refractivity (Wildman–Crippen MR) is 145 cm³/mol. The molecule has 0 radical (unpaired) electrons. The summed E-state index contributed by atoms with van der Waals surface area (Å²) in [5.74, 6) is 2.16. The van der Waals surface area contributed by atoms with Gasteiger partial charge in [-0.05, 0) is 64.4 Å². The van der Waals surface area contributed by atoms with Crippen LogP contribution in [-0.4, -0.2) is 27.4 Å². The number of nitrogen functional groups attached to an aromatic ring is 1. The number of fused-ring (bicyclic) bond motifs is 2. The number of hydrogen-bond acceptors (Lipinski definition) is 4. The third kappa shape index (κ3) is 4.35. The molecular formula is C29H30N6. The zero-order valence-corrected chi connectivity index (χ0v) is 20.6. The number of pyridine rings is 1. The van der Waals surface area contributed by atoms with Gasteiger partial charge in [0.2, 0.25) is 0 Å². The summed E-state index contributed by atoms with van der Waals surface area (Å²) in [7, 11) is 3.81. The molecule has 176 valence electrons. The van der Waals surface area contributed by atoms with Crippen LogP contribution in [0.15, 0.2) is 72.0 Å². The maximum atomic E-state index is 6.11. The molecule has 0 fully saturated rings. The van der Waals surface area contributed by atoms with Gasteiger partial charge in [0.05, 0.1) is 5.69 Å². The molecule has 5 aromatic rings. The summed E-state index contributed by atoms with van der Waals surface area (Å²) in [5, 5.41) is 8.15. The average molecular weight is 463 g/mol. The Morgan fingerprint density at radius 2 is 1.83 bits per heavy atom. The smallest absolute Gasteiger partial charge is 0.175 e. The molecule has 2 heterocycles. The van der Waals surface area contributed by atoms with E-state index in [2.05, 4.69) is 83.9 Å². The Bertz CT molecular complexity index is 1580. The predicted octanol–water partition coefficient (Wildman–Crippen LogP) is 5.08. The Morgan fingerprint density at radius 3 is 2.63 bits per heavy atom. The number of aryl methyl sites for hydroxylation is 3. The summed E-state index contributed by atoms with van der Waals surface area (Å²) in [4.78, 5) is 13.7. The van der Waals surface area contributed by atoms with Crippen LogP contribution < -0.4 is 11.1 Å². The molecule has 0 amide bonds. The Kier molecular flexibility index (Phi) is 5.95. The summed E-state index contributed by atoms with van der Waals surface area (Å²) >= 11 is 0. The number of nitrogens with one attached hydrogen (secondary N) is 1. The number of aliphatic imine (C=N–C) groups is 1. The summed E-state index contributed by atoms with van der Waals surface area (Å²) < 4.78 is 2.04. The second-order valence-electron chi connectivity index (χ2n) is 9.04. The number of imidazole rings is 1. The Labute approximate surface area is 205 Å². The van der Waals surface area contributed by atoms with E-state index in [1.54, 1.807) is 13.2 Å². The molecule has 6 nitrogen and oxygen atoms in total. The van der Waals surface area contributed by atoms with Crippen LogP contribution in [0, 0.1) is 13.8 Å². The summed E-state index contributed by atoms with van der Waals surface area (Å²) in [6.45, 7) is 4.90. The van der Waals surface area contributed by atoms with Crippen LogP contribution in [-0.2, 0) is 20.0 Å². The minimum atomic E-state index is 0.566. The lowest BCUT2D eigenvalue weighted by atomic mass is 9.96. The van der Waals surface area contributed by atoms with Gasteiger partial charge in [-0.25, -0.2) is 9.97 Å². The van der Waals surface area contributed by atoms with E-state index < -0.39 is 0 Å². The van der Waals surface area contributed by atoms with Gasteiger partial charge in [-0.3, -0.25) is 4.99 Å². The molecule has 6 heteroatoms. The Balaban J connectivity index is 1.37. The van der Waals surface area contributed by atoms with Gasteiger partial charge in [-0.2, -0.15) is 0 Å². The van der Waals surface area contributed by atoms with E-state index in [0.29, 0.717) is 12.4 Å². The maximum Gasteiger partial charge on any atom is 0.175 e. The summed E-state index contributed by atoms with van der Waals surface area (Å²) in [5.41, 5.74) is 12.0. The van der Waals surface area contributed by atoms with Crippen molar-refractivity contribution in [2.75, 3.05) is 12.8 Å². The molecule has 3 N–H and O–H groups in total. The van der Waals surface area contributed by atoms with Gasteiger partial charge in [0.15, 0.2) is 11.7 Å². The maximum absolute atomic E-state index is 6.11. The molecule has 3 aromatic carbocycles. The fraction of sp³-hybridized carbons (Fsp3) is 0.207. The number of nitrogens with two attached hydrogens (primary N) is 1. The normalized spacial score (nSPS) is 11.9. The van der Waals surface area contributed by atoms with Gasteiger partial charge in [0.1, 0.15) is 5.82 Å². The summed E-state index contributed by atoms with van der Waals surface area (Å²) in [6, 6.07) is 19.2. The van der Waals surface area contributed by atoms with E-state index in [1.165, 1.54) is 33.0 Å². The lowest BCUT2D eigenvalue weighted by Crippen LogP contribution is -2.27. The molecule has 0 saturated heterocycles. The van der Waals surface area contributed by atoms with Crippen molar-refractivity contribution in [3.8, 4) is 0 Å². The molecular weight excluding hydrogens is 432 g/mol. The van der Waals surface area contributed by atoms with Crippen LogP contribution in [0.1, 0.15) is 33.8 Å². The quantitative estimate of drug-likeness (QED) is 0.282. The van der Waals surface area contributed by atoms with Gasteiger partial charge in [0, 0.05) is 44.8 Å². The first-order valence-corrected chi connectivity index (χ1v) is 11.8. The largest absolute Gasteiger partial charge is 0.383 e. The molecule has 5 rings (SSSR count). The van der Waals surface area contributed by atoms with Crippen molar-refractivity contribution >= 4 is 33.2 Å². The van der Waals surface area contributed by atoms with Crippen LogP contribution in [0.3, 0.4) is 0 Å². The van der Waals surface area contributed by atoms with Crippen LogP contribution >= 0.6 is 0 Å². The lowest BCUT2D eigenvalue weighted by molar-refractivity contribution is 0.844. The van der Waals surface area contributed by atoms with Crippen LogP contribution in [0.4, 0.5) is 5.82 Å². The number of rotatable bonds is 5. The van der Waals surface area contributed by atoms with Crippen LogP contribution in [0.25, 0.3) is 21.5 Å². The van der Waals surface area contributed by atoms with Crippen molar-refractivity contribution in [3.63, 3.8) is 0 Å². The first-order chi connectivity index (χ1) is 16.9. The highest BCUT2D eigenvalue weighted by molar-refractivity contribution is 5.97. The lowest BCUT2D eigenvalue weighted by Gasteiger charge is -2.16. The molecule has 0 saturated carbocycles. The number of anilines is 1. The first-order valence-electron chi connectivity index (χ1n) is 11.8. The molecule has 2 aromatic heterocycles. The SMILES string of the molecule is CN=C(NCc1c(C)cc2c(N)nccc2c1C)c1nc(Cc2ccc3ccccc3c2)cn1C. The van der Waals surface area contributed by atoms with Crippen molar-refractivity contribution in [2.24, 2.45) is 12.0 Å². The van der Waals surface area contributed by atoms with Crippen LogP contribution in [0.5, 0.6) is 0 Å². The fourth-order valence-electron chi connectivity index (χ4n) is 4.82. The number of benzene rings is 3. The van der Waals surface area contributed by atoms with Crippen LogP contribution in [0.2, 0.25) is 0 Å². The zero-order valence-electron chi connectivity index (χ0n) is 20.6. The highest BCUT2D eigenvalue weighted by Crippen LogP contribution is 2.28. The topological polar surface area (TPSA) is 81.1 Å². The van der Waals surface area contributed by atoms with Gasteiger partial charge >= 0.3 is 0 Å². The standard InChI is InChI=1S/C29H30N6/c1-18-13-25-24(11-12-32-27(25)30)19(2)26(18)16-33-28(31-3)29-34-23(17-35(29)4)15-20-9-10-21-7-5-6-8-22(21)14-20/h5-14,17H,15-16H2,1-4H3,(H2,30,32)(H,31,33). The van der Waals surface area contributed by atoms with Gasteiger partial charge in [-0.15, -0.1) is 0 Å². The highest BCUT2D eigenvalue weighted by Gasteiger charge is 2.15. The van der Waals surface area contributed by atoms with Crippen molar-refractivity contribution < 1.29 is 0 Å². The van der Waals surface area contributed by atoms with E-state index in [4.69, 9.17) is 10.7 Å². The number of aromatic nitrogens is 3. The van der Waals surface area contributed by atoms with Crippen molar-refractivity contribution in [1.82, 2.24) is 19.9 Å². The van der Waals surface area contributed by atoms with Gasteiger partial charge < -0.3 is 15.6 Å². The third-order valence-corrected chi connectivity index (χ3v) is 6.71. The van der Waals surface area contributed by atoms with E-state index in [0.717, 1.165) is 34.5 Å². The van der Waals surface area contributed by atoms with Gasteiger partial charge in [-0.1, -0.05) is 42.5 Å². The Morgan fingerprint density at radius 1 is 1.03 bits per heavy atom. The molecule has 0 atom stereocenters. The van der Waals surface area contributed by atoms with Crippen molar-refractivity contribution in [3.05, 3.63) is 101 Å². The minimum absolute atomic E-state index is 0.566. The molecule has 0 aliphatic rings. The van der Waals surface area contributed by atoms with E-state index in [-0.39, 0.29) is 0 Å². The summed E-state index contributed by atoms with van der Waals surface area (Å²) in [6.07, 6.45) is 4.62. The van der Waals surface area contributed by atoms with Crippen molar-refractivity contribution in [1.29, 1.82) is 0 Å². The molecule has 35 heavy (non-hydrogen) atoms.